The Bertz CT molecular complexity index is 1480. The second-order valence-corrected chi connectivity index (χ2v) is 11.5. The van der Waals surface area contributed by atoms with Crippen molar-refractivity contribution < 1.29 is 9.32 Å². The van der Waals surface area contributed by atoms with E-state index < -0.39 is 5.91 Å². The van der Waals surface area contributed by atoms with Gasteiger partial charge in [0.25, 0.3) is 0 Å². The van der Waals surface area contributed by atoms with E-state index in [1.54, 1.807) is 6.07 Å². The summed E-state index contributed by atoms with van der Waals surface area (Å²) in [7, 11) is 0. The van der Waals surface area contributed by atoms with Crippen molar-refractivity contribution in [1.82, 2.24) is 15.1 Å². The van der Waals surface area contributed by atoms with Crippen molar-refractivity contribution in [1.29, 1.82) is 0 Å². The van der Waals surface area contributed by atoms with Gasteiger partial charge in [-0.1, -0.05) is 30.1 Å². The number of primary amides is 1. The van der Waals surface area contributed by atoms with Crippen LogP contribution in [0.4, 0.5) is 11.5 Å². The topological polar surface area (TPSA) is 110 Å². The second kappa shape index (κ2) is 12.1. The molecule has 2 aliphatic rings. The third kappa shape index (κ3) is 6.42. The minimum atomic E-state index is -0.415. The number of piperidine rings is 1. The molecule has 212 valence electrons. The Labute approximate surface area is 241 Å². The number of amides is 1. The number of anilines is 2. The first-order valence-corrected chi connectivity index (χ1v) is 14.8. The number of rotatable bonds is 8. The van der Waals surface area contributed by atoms with Gasteiger partial charge in [-0.2, -0.15) is 4.98 Å². The molecule has 2 aromatic carbocycles. The van der Waals surface area contributed by atoms with E-state index in [2.05, 4.69) is 55.7 Å². The Kier molecular flexibility index (Phi) is 7.98. The first-order valence-electron chi connectivity index (χ1n) is 14.8. The molecule has 1 amide bonds. The molecule has 2 fully saturated rings. The molecule has 1 saturated carbocycles. The van der Waals surface area contributed by atoms with Crippen molar-refractivity contribution in [3.05, 3.63) is 78.3 Å². The summed E-state index contributed by atoms with van der Waals surface area (Å²) < 4.78 is 5.14. The van der Waals surface area contributed by atoms with Crippen LogP contribution in [0.2, 0.25) is 0 Å². The maximum atomic E-state index is 11.7. The molecule has 41 heavy (non-hydrogen) atoms. The first kappa shape index (κ1) is 27.0. The Balaban J connectivity index is 1.10. The van der Waals surface area contributed by atoms with Gasteiger partial charge in [-0.25, -0.2) is 4.98 Å². The van der Waals surface area contributed by atoms with Crippen LogP contribution < -0.4 is 16.0 Å². The molecular weight excluding hydrogens is 512 g/mol. The lowest BCUT2D eigenvalue weighted by molar-refractivity contribution is 0.100. The van der Waals surface area contributed by atoms with Crippen LogP contribution in [0, 0.1) is 18.8 Å². The molecule has 0 bridgehead atoms. The van der Waals surface area contributed by atoms with Gasteiger partial charge in [-0.3, -0.25) is 4.79 Å². The standard InChI is InChI=1S/C33H38N6O2/c1-22-36-33(38-41-22)24-11-13-29(14-12-24)39-17-5-6-23(21-39)18-27-7-2-3-10-30(27)37-31-20-26(15-16-35-31)25-8-4-9-28(19-25)32(34)40/h4,8-9,11-16,19-20,23,27,30H,2-3,5-7,10,17-18,21H2,1H3,(H2,34,40)(H,35,37)/t23-,27+,30-/m1/s1. The normalized spacial score (nSPS) is 21.0. The van der Waals surface area contributed by atoms with Gasteiger partial charge in [-0.15, -0.1) is 0 Å². The van der Waals surface area contributed by atoms with E-state index in [4.69, 9.17) is 10.3 Å². The molecule has 0 radical (unpaired) electrons. The number of nitrogens with one attached hydrogen (secondary N) is 1. The number of hydrogen-bond donors (Lipinski definition) is 2. The number of aromatic nitrogens is 3. The summed E-state index contributed by atoms with van der Waals surface area (Å²) in [4.78, 5) is 23.2. The summed E-state index contributed by atoms with van der Waals surface area (Å²) in [6, 6.07) is 20.5. The SMILES string of the molecule is Cc1nc(-c2ccc(N3CCC[C@H](C[C@@H]4CCCC[C@H]4Nc4cc(-c5cccc(C(N)=O)c5)ccn4)C3)cc2)no1. The van der Waals surface area contributed by atoms with E-state index in [0.717, 1.165) is 35.6 Å². The molecule has 3 atom stereocenters. The first-order chi connectivity index (χ1) is 20.0. The van der Waals surface area contributed by atoms with Crippen molar-refractivity contribution in [3.63, 3.8) is 0 Å². The zero-order chi connectivity index (χ0) is 28.2. The van der Waals surface area contributed by atoms with Crippen molar-refractivity contribution in [2.45, 2.75) is 57.9 Å². The smallest absolute Gasteiger partial charge is 0.248 e. The lowest BCUT2D eigenvalue weighted by Gasteiger charge is -2.39. The zero-order valence-electron chi connectivity index (χ0n) is 23.6. The van der Waals surface area contributed by atoms with Gasteiger partial charge in [0, 0.05) is 49.1 Å². The highest BCUT2D eigenvalue weighted by molar-refractivity contribution is 5.94. The Morgan fingerprint density at radius 3 is 2.63 bits per heavy atom. The average molecular weight is 551 g/mol. The molecule has 0 unspecified atom stereocenters. The highest BCUT2D eigenvalue weighted by Crippen LogP contribution is 2.36. The largest absolute Gasteiger partial charge is 0.371 e. The summed E-state index contributed by atoms with van der Waals surface area (Å²) in [5.41, 5.74) is 10.3. The Morgan fingerprint density at radius 1 is 1.00 bits per heavy atom. The van der Waals surface area contributed by atoms with E-state index in [1.807, 2.05) is 37.4 Å². The fourth-order valence-electron chi connectivity index (χ4n) is 6.57. The third-order valence-corrected chi connectivity index (χ3v) is 8.66. The van der Waals surface area contributed by atoms with Crippen LogP contribution >= 0.6 is 0 Å². The van der Waals surface area contributed by atoms with Crippen LogP contribution in [-0.2, 0) is 0 Å². The van der Waals surface area contributed by atoms with Gasteiger partial charge < -0.3 is 20.5 Å². The molecule has 1 aliphatic heterocycles. The lowest BCUT2D eigenvalue weighted by atomic mass is 9.77. The van der Waals surface area contributed by atoms with Crippen molar-refractivity contribution in [3.8, 4) is 22.5 Å². The predicted molar refractivity (Wildman–Crippen MR) is 162 cm³/mol. The monoisotopic (exact) mass is 550 g/mol. The molecule has 1 saturated heterocycles. The number of nitrogens with zero attached hydrogens (tertiary/aromatic N) is 4. The van der Waals surface area contributed by atoms with Crippen molar-refractivity contribution >= 4 is 17.4 Å². The van der Waals surface area contributed by atoms with Crippen LogP contribution in [0.15, 0.2) is 71.4 Å². The number of hydrogen-bond acceptors (Lipinski definition) is 7. The van der Waals surface area contributed by atoms with Crippen LogP contribution in [0.5, 0.6) is 0 Å². The molecule has 0 spiro atoms. The number of nitrogens with two attached hydrogens (primary N) is 1. The van der Waals surface area contributed by atoms with Gasteiger partial charge >= 0.3 is 0 Å². The van der Waals surface area contributed by atoms with Crippen LogP contribution in [0.3, 0.4) is 0 Å². The third-order valence-electron chi connectivity index (χ3n) is 8.66. The van der Waals surface area contributed by atoms with E-state index in [9.17, 15) is 4.79 Å². The highest BCUT2D eigenvalue weighted by atomic mass is 16.5. The van der Waals surface area contributed by atoms with Gasteiger partial charge in [0.1, 0.15) is 5.82 Å². The maximum absolute atomic E-state index is 11.7. The average Bonchev–Trinajstić information content (AvgIpc) is 3.45. The molecule has 6 rings (SSSR count). The fraction of sp³-hybridized carbons (Fsp3) is 0.394. The minimum absolute atomic E-state index is 0.413. The highest BCUT2D eigenvalue weighted by Gasteiger charge is 2.30. The number of benzene rings is 2. The molecule has 3 N–H and O–H groups in total. The molecule has 8 nitrogen and oxygen atoms in total. The van der Waals surface area contributed by atoms with E-state index in [1.165, 1.54) is 50.6 Å². The summed E-state index contributed by atoms with van der Waals surface area (Å²) in [5, 5.41) is 7.84. The summed E-state index contributed by atoms with van der Waals surface area (Å²) in [5.74, 6) is 3.00. The molecular formula is C33H38N6O2. The Hall–Kier alpha value is -4.20. The van der Waals surface area contributed by atoms with Crippen LogP contribution in [-0.4, -0.2) is 40.2 Å². The van der Waals surface area contributed by atoms with E-state index in [0.29, 0.717) is 35.2 Å². The summed E-state index contributed by atoms with van der Waals surface area (Å²) >= 11 is 0. The summed E-state index contributed by atoms with van der Waals surface area (Å²) in [6.07, 6.45) is 10.5. The zero-order valence-corrected chi connectivity index (χ0v) is 23.6. The van der Waals surface area contributed by atoms with E-state index >= 15 is 0 Å². The lowest BCUT2D eigenvalue weighted by Crippen LogP contribution is -2.39. The van der Waals surface area contributed by atoms with Gasteiger partial charge in [-0.05, 0) is 104 Å². The summed E-state index contributed by atoms with van der Waals surface area (Å²) in [6.45, 7) is 4.00. The minimum Gasteiger partial charge on any atom is -0.371 e. The second-order valence-electron chi connectivity index (χ2n) is 11.5. The van der Waals surface area contributed by atoms with Crippen molar-refractivity contribution in [2.75, 3.05) is 23.3 Å². The maximum Gasteiger partial charge on any atom is 0.248 e. The van der Waals surface area contributed by atoms with Gasteiger partial charge in [0.15, 0.2) is 0 Å². The molecule has 2 aromatic heterocycles. The fourth-order valence-corrected chi connectivity index (χ4v) is 6.57. The van der Waals surface area contributed by atoms with Crippen LogP contribution in [0.1, 0.15) is 61.2 Å². The van der Waals surface area contributed by atoms with Crippen molar-refractivity contribution in [2.24, 2.45) is 17.6 Å². The van der Waals surface area contributed by atoms with Gasteiger partial charge in [0.2, 0.25) is 17.6 Å². The van der Waals surface area contributed by atoms with Crippen LogP contribution in [0.25, 0.3) is 22.5 Å². The number of pyridine rings is 1. The van der Waals surface area contributed by atoms with Gasteiger partial charge in [0.05, 0.1) is 0 Å². The molecule has 4 aromatic rings. The molecule has 3 heterocycles. The number of carbonyl (C=O) groups is 1. The van der Waals surface area contributed by atoms with E-state index in [-0.39, 0.29) is 0 Å². The quantitative estimate of drug-likeness (QED) is 0.258. The predicted octanol–water partition coefficient (Wildman–Crippen LogP) is 6.48. The molecule has 8 heteroatoms. The molecule has 1 aliphatic carbocycles. The number of aryl methyl sites for hydroxylation is 1. The number of carbonyl (C=O) groups excluding carboxylic acids is 1. The Morgan fingerprint density at radius 2 is 1.83 bits per heavy atom.